The molecule has 0 aliphatic carbocycles. The first-order chi connectivity index (χ1) is 13.0. The Morgan fingerprint density at radius 3 is 2.52 bits per heavy atom. The Labute approximate surface area is 164 Å². The summed E-state index contributed by atoms with van der Waals surface area (Å²) in [6.07, 6.45) is 0. The molecule has 0 aromatic heterocycles. The van der Waals surface area contributed by atoms with Crippen molar-refractivity contribution in [2.24, 2.45) is 5.10 Å². The summed E-state index contributed by atoms with van der Waals surface area (Å²) in [5.74, 6) is 0.677. The predicted molar refractivity (Wildman–Crippen MR) is 111 cm³/mol. The molecule has 0 amide bonds. The van der Waals surface area contributed by atoms with Crippen LogP contribution in [-0.4, -0.2) is 24.6 Å². The van der Waals surface area contributed by atoms with Gasteiger partial charge in [0.2, 0.25) is 5.96 Å². The van der Waals surface area contributed by atoms with E-state index in [-0.39, 0.29) is 5.69 Å². The largest absolute Gasteiger partial charge is 0.335 e. The maximum atomic E-state index is 10.8. The fourth-order valence-electron chi connectivity index (χ4n) is 3.05. The summed E-state index contributed by atoms with van der Waals surface area (Å²) in [5, 5.41) is 22.9. The van der Waals surface area contributed by atoms with Gasteiger partial charge in [-0.2, -0.15) is 0 Å². The number of nitrogens with zero attached hydrogens (tertiary/aromatic N) is 4. The molecule has 0 atom stereocenters. The van der Waals surface area contributed by atoms with Crippen molar-refractivity contribution in [1.29, 1.82) is 0 Å². The van der Waals surface area contributed by atoms with Crippen LogP contribution in [0, 0.1) is 10.1 Å². The molecule has 0 unspecified atom stereocenters. The minimum atomic E-state index is -0.407. The van der Waals surface area contributed by atoms with Gasteiger partial charge in [0, 0.05) is 34.7 Å². The normalized spacial score (nSPS) is 13.4. The lowest BCUT2D eigenvalue weighted by Gasteiger charge is -2.17. The van der Waals surface area contributed by atoms with Crippen LogP contribution >= 0.6 is 15.9 Å². The van der Waals surface area contributed by atoms with Gasteiger partial charge in [0.25, 0.3) is 5.69 Å². The van der Waals surface area contributed by atoms with Gasteiger partial charge in [0.05, 0.1) is 10.6 Å². The van der Waals surface area contributed by atoms with Gasteiger partial charge in [-0.1, -0.05) is 40.2 Å². The van der Waals surface area contributed by atoms with E-state index >= 15 is 0 Å². The maximum absolute atomic E-state index is 10.8. The number of anilines is 2. The second-order valence-corrected chi connectivity index (χ2v) is 6.96. The molecule has 0 fully saturated rings. The van der Waals surface area contributed by atoms with Crippen molar-refractivity contribution in [1.82, 2.24) is 5.32 Å². The number of nitro benzene ring substituents is 1. The number of hydrogen-bond donors (Lipinski definition) is 1. The molecule has 1 heterocycles. The molecule has 3 aromatic rings. The summed E-state index contributed by atoms with van der Waals surface area (Å²) in [7, 11) is 1.87. The first-order valence-electron chi connectivity index (χ1n) is 8.30. The highest BCUT2D eigenvalue weighted by atomic mass is 79.9. The van der Waals surface area contributed by atoms with Gasteiger partial charge in [0.1, 0.15) is 6.67 Å². The third kappa shape index (κ3) is 3.19. The van der Waals surface area contributed by atoms with E-state index in [0.717, 1.165) is 26.6 Å². The monoisotopic (exact) mass is 425 g/mol. The summed E-state index contributed by atoms with van der Waals surface area (Å²) in [5.41, 5.74) is 1.89. The number of nitro groups is 1. The highest BCUT2D eigenvalue weighted by Crippen LogP contribution is 2.33. The lowest BCUT2D eigenvalue weighted by molar-refractivity contribution is -0.384. The van der Waals surface area contributed by atoms with Gasteiger partial charge in [-0.25, -0.2) is 5.01 Å². The number of non-ortho nitro benzene ring substituents is 1. The van der Waals surface area contributed by atoms with Crippen LogP contribution in [0.4, 0.5) is 17.1 Å². The molecule has 0 radical (unpaired) electrons. The van der Waals surface area contributed by atoms with E-state index in [1.807, 2.05) is 41.2 Å². The van der Waals surface area contributed by atoms with E-state index in [2.05, 4.69) is 38.5 Å². The van der Waals surface area contributed by atoms with Crippen LogP contribution < -0.4 is 15.2 Å². The average Bonchev–Trinajstić information content (AvgIpc) is 3.18. The second kappa shape index (κ2) is 6.88. The fourth-order valence-corrected chi connectivity index (χ4v) is 3.52. The second-order valence-electron chi connectivity index (χ2n) is 6.10. The first-order valence-corrected chi connectivity index (χ1v) is 9.09. The molecule has 8 heteroatoms. The quantitative estimate of drug-likeness (QED) is 0.500. The number of hydrogen-bond acceptors (Lipinski definition) is 6. The van der Waals surface area contributed by atoms with Crippen molar-refractivity contribution >= 4 is 49.7 Å². The number of guanidine groups is 1. The molecule has 1 aliphatic rings. The zero-order valence-corrected chi connectivity index (χ0v) is 16.0. The van der Waals surface area contributed by atoms with Crippen LogP contribution in [0.15, 0.2) is 70.2 Å². The number of halogens is 1. The molecule has 0 saturated carbocycles. The number of hydrazone groups is 1. The van der Waals surface area contributed by atoms with Gasteiger partial charge in [-0.05, 0) is 29.7 Å². The lowest BCUT2D eigenvalue weighted by atomic mass is 10.1. The van der Waals surface area contributed by atoms with E-state index in [1.54, 1.807) is 12.1 Å². The Hall–Kier alpha value is -3.13. The molecule has 0 saturated heterocycles. The van der Waals surface area contributed by atoms with Crippen molar-refractivity contribution in [2.45, 2.75) is 0 Å². The molecule has 1 aliphatic heterocycles. The van der Waals surface area contributed by atoms with Gasteiger partial charge in [-0.15, -0.1) is 5.10 Å². The SMILES string of the molecule is CN(C1=NN(c2ccc(Br)c3ccccc23)CN1)c1ccc([N+](=O)[O-])cc1. The van der Waals surface area contributed by atoms with Gasteiger partial charge in [-0.3, -0.25) is 10.1 Å². The minimum Gasteiger partial charge on any atom is -0.335 e. The predicted octanol–water partition coefficient (Wildman–Crippen LogP) is 4.29. The molecule has 3 aromatic carbocycles. The molecule has 0 bridgehead atoms. The molecule has 1 N–H and O–H groups in total. The van der Waals surface area contributed by atoms with E-state index in [0.29, 0.717) is 12.6 Å². The minimum absolute atomic E-state index is 0.0661. The van der Waals surface area contributed by atoms with Crippen molar-refractivity contribution < 1.29 is 4.92 Å². The van der Waals surface area contributed by atoms with Crippen LogP contribution in [-0.2, 0) is 0 Å². The van der Waals surface area contributed by atoms with Crippen molar-refractivity contribution in [3.8, 4) is 0 Å². The van der Waals surface area contributed by atoms with Crippen LogP contribution in [0.2, 0.25) is 0 Å². The Morgan fingerprint density at radius 1 is 1.11 bits per heavy atom. The first kappa shape index (κ1) is 17.3. The highest BCUT2D eigenvalue weighted by molar-refractivity contribution is 9.10. The molecular weight excluding hydrogens is 410 g/mol. The van der Waals surface area contributed by atoms with Gasteiger partial charge >= 0.3 is 0 Å². The van der Waals surface area contributed by atoms with Crippen LogP contribution in [0.5, 0.6) is 0 Å². The average molecular weight is 426 g/mol. The number of rotatable bonds is 3. The maximum Gasteiger partial charge on any atom is 0.269 e. The summed E-state index contributed by atoms with van der Waals surface area (Å²) < 4.78 is 1.04. The Balaban J connectivity index is 1.63. The fraction of sp³-hybridized carbons (Fsp3) is 0.105. The van der Waals surface area contributed by atoms with Crippen LogP contribution in [0.3, 0.4) is 0 Å². The van der Waals surface area contributed by atoms with Crippen LogP contribution in [0.1, 0.15) is 0 Å². The van der Waals surface area contributed by atoms with Crippen molar-refractivity contribution in [3.05, 3.63) is 75.3 Å². The van der Waals surface area contributed by atoms with Crippen molar-refractivity contribution in [2.75, 3.05) is 23.6 Å². The number of nitrogens with one attached hydrogen (secondary N) is 1. The number of benzene rings is 3. The molecule has 4 rings (SSSR count). The molecule has 7 nitrogen and oxygen atoms in total. The van der Waals surface area contributed by atoms with Gasteiger partial charge < -0.3 is 10.2 Å². The van der Waals surface area contributed by atoms with Gasteiger partial charge in [0.15, 0.2) is 0 Å². The zero-order chi connectivity index (χ0) is 19.0. The smallest absolute Gasteiger partial charge is 0.269 e. The van der Waals surface area contributed by atoms with E-state index in [1.165, 1.54) is 12.1 Å². The van der Waals surface area contributed by atoms with E-state index in [9.17, 15) is 10.1 Å². The highest BCUT2D eigenvalue weighted by Gasteiger charge is 2.21. The molecular formula is C19H16BrN5O2. The third-order valence-electron chi connectivity index (χ3n) is 4.49. The van der Waals surface area contributed by atoms with Crippen molar-refractivity contribution in [3.63, 3.8) is 0 Å². The zero-order valence-electron chi connectivity index (χ0n) is 14.5. The summed E-state index contributed by atoms with van der Waals surface area (Å²) in [4.78, 5) is 12.3. The Kier molecular flexibility index (Phi) is 4.41. The lowest BCUT2D eigenvalue weighted by Crippen LogP contribution is -2.36. The van der Waals surface area contributed by atoms with E-state index in [4.69, 9.17) is 0 Å². The summed E-state index contributed by atoms with van der Waals surface area (Å²) in [6.45, 7) is 0.540. The Bertz CT molecular complexity index is 1050. The standard InChI is InChI=1S/C19H16BrN5O2/c1-23(13-6-8-14(9-7-13)25(26)27)19-21-12-24(22-19)18-11-10-17(20)15-4-2-3-5-16(15)18/h2-11H,12H2,1H3,(H,21,22). The summed E-state index contributed by atoms with van der Waals surface area (Å²) >= 11 is 3.60. The number of fused-ring (bicyclic) bond motifs is 1. The van der Waals surface area contributed by atoms with Crippen LogP contribution in [0.25, 0.3) is 10.8 Å². The molecule has 136 valence electrons. The van der Waals surface area contributed by atoms with E-state index < -0.39 is 4.92 Å². The molecule has 0 spiro atoms. The molecule has 27 heavy (non-hydrogen) atoms. The topological polar surface area (TPSA) is 74.0 Å². The summed E-state index contributed by atoms with van der Waals surface area (Å²) in [6, 6.07) is 18.6. The Morgan fingerprint density at radius 2 is 1.81 bits per heavy atom. The third-order valence-corrected chi connectivity index (χ3v) is 5.19.